The largest absolute Gasteiger partial charge is 0.412 e. The highest BCUT2D eigenvalue weighted by Gasteiger charge is 2.30. The van der Waals surface area contributed by atoms with Crippen LogP contribution in [0.1, 0.15) is 6.92 Å². The van der Waals surface area contributed by atoms with Crippen molar-refractivity contribution in [2.75, 3.05) is 6.54 Å². The number of amidine groups is 1. The van der Waals surface area contributed by atoms with Gasteiger partial charge in [0.1, 0.15) is 5.84 Å². The molecule has 0 spiro atoms. The van der Waals surface area contributed by atoms with Gasteiger partial charge in [-0.1, -0.05) is 6.58 Å². The summed E-state index contributed by atoms with van der Waals surface area (Å²) >= 11 is 0. The van der Waals surface area contributed by atoms with Gasteiger partial charge in [-0.15, -0.1) is 0 Å². The molecular weight excluding hydrogens is 235 g/mol. The van der Waals surface area contributed by atoms with Crippen molar-refractivity contribution in [1.29, 1.82) is 0 Å². The molecule has 1 amide bonds. The van der Waals surface area contributed by atoms with Gasteiger partial charge < -0.3 is 5.32 Å². The molecule has 7 heteroatoms. The third kappa shape index (κ3) is 6.29. The molecule has 17 heavy (non-hydrogen) atoms. The zero-order valence-electron chi connectivity index (χ0n) is 9.21. The summed E-state index contributed by atoms with van der Waals surface area (Å²) in [7, 11) is 0. The van der Waals surface area contributed by atoms with Crippen LogP contribution in [-0.4, -0.2) is 31.2 Å². The first kappa shape index (κ1) is 15.1. The minimum Gasteiger partial charge on any atom is -0.345 e. The molecule has 1 N–H and O–H groups in total. The van der Waals surface area contributed by atoms with Gasteiger partial charge in [-0.2, -0.15) is 13.2 Å². The normalized spacial score (nSPS) is 13.2. The fraction of sp³-hybridized carbons (Fsp3) is 0.300. The van der Waals surface area contributed by atoms with E-state index in [9.17, 15) is 18.0 Å². The van der Waals surface area contributed by atoms with Crippen LogP contribution in [0.3, 0.4) is 0 Å². The van der Waals surface area contributed by atoms with E-state index in [-0.39, 0.29) is 12.4 Å². The predicted octanol–water partition coefficient (Wildman–Crippen LogP) is 1.85. The molecule has 0 atom stereocenters. The Bertz CT molecular complexity index is 369. The van der Waals surface area contributed by atoms with Gasteiger partial charge in [-0.05, 0) is 13.6 Å². The number of alkyl halides is 3. The summed E-state index contributed by atoms with van der Waals surface area (Å²) in [4.78, 5) is 18.2. The van der Waals surface area contributed by atoms with Crippen molar-refractivity contribution in [3.05, 3.63) is 24.4 Å². The number of hydrogen-bond acceptors (Lipinski definition) is 2. The molecule has 0 aliphatic heterocycles. The van der Waals surface area contributed by atoms with Gasteiger partial charge in [-0.3, -0.25) is 4.79 Å². The van der Waals surface area contributed by atoms with Crippen molar-refractivity contribution in [3.8, 4) is 0 Å². The van der Waals surface area contributed by atoms with Gasteiger partial charge in [0, 0.05) is 17.8 Å². The fourth-order valence-electron chi connectivity index (χ4n) is 0.743. The molecule has 0 rings (SSSR count). The number of carbonyl (C=O) groups is 1. The van der Waals surface area contributed by atoms with Crippen molar-refractivity contribution >= 4 is 18.5 Å². The minimum absolute atomic E-state index is 0.115. The Morgan fingerprint density at radius 2 is 2.06 bits per heavy atom. The quantitative estimate of drug-likeness (QED) is 0.460. The first-order valence-corrected chi connectivity index (χ1v) is 4.49. The molecular formula is C10H12F3N3O. The number of halogens is 3. The van der Waals surface area contributed by atoms with Crippen LogP contribution >= 0.6 is 0 Å². The summed E-state index contributed by atoms with van der Waals surface area (Å²) in [6.07, 6.45) is -2.85. The Morgan fingerprint density at radius 1 is 1.47 bits per heavy atom. The predicted molar refractivity (Wildman–Crippen MR) is 60.0 cm³/mol. The molecule has 0 aromatic carbocycles. The molecule has 0 bridgehead atoms. The number of nitrogens with zero attached hydrogens (tertiary/aromatic N) is 2. The van der Waals surface area contributed by atoms with Gasteiger partial charge in [0.15, 0.2) is 0 Å². The van der Waals surface area contributed by atoms with E-state index in [4.69, 9.17) is 0 Å². The Kier molecular flexibility index (Phi) is 5.87. The number of rotatable bonds is 4. The van der Waals surface area contributed by atoms with Crippen LogP contribution in [0.25, 0.3) is 0 Å². The number of amides is 1. The maximum absolute atomic E-state index is 12.1. The summed E-state index contributed by atoms with van der Waals surface area (Å²) in [6, 6.07) is 0. The maximum Gasteiger partial charge on any atom is 0.412 e. The summed E-state index contributed by atoms with van der Waals surface area (Å²) in [6.45, 7) is 7.18. The minimum atomic E-state index is -4.51. The second-order valence-corrected chi connectivity index (χ2v) is 2.93. The number of nitrogens with one attached hydrogen (secondary N) is 1. The molecule has 0 heterocycles. The first-order chi connectivity index (χ1) is 7.81. The molecule has 4 nitrogen and oxygen atoms in total. The molecule has 0 aromatic rings. The molecule has 0 saturated heterocycles. The second kappa shape index (κ2) is 6.62. The maximum atomic E-state index is 12.1. The van der Waals surface area contributed by atoms with Crippen LogP contribution in [0.15, 0.2) is 34.4 Å². The van der Waals surface area contributed by atoms with E-state index in [1.54, 1.807) is 0 Å². The van der Waals surface area contributed by atoms with Crippen molar-refractivity contribution in [3.63, 3.8) is 0 Å². The Balaban J connectivity index is 4.44. The summed E-state index contributed by atoms with van der Waals surface area (Å²) < 4.78 is 36.2. The third-order valence-electron chi connectivity index (χ3n) is 1.64. The topological polar surface area (TPSA) is 53.8 Å². The van der Waals surface area contributed by atoms with Crippen LogP contribution in [0, 0.1) is 0 Å². The van der Waals surface area contributed by atoms with Crippen molar-refractivity contribution < 1.29 is 18.0 Å². The van der Waals surface area contributed by atoms with Gasteiger partial charge in [0.05, 0.1) is 6.54 Å². The highest BCUT2D eigenvalue weighted by molar-refractivity contribution is 5.94. The number of hydrogen-bond donors (Lipinski definition) is 1. The summed E-state index contributed by atoms with van der Waals surface area (Å²) in [5, 5.41) is 2.19. The molecule has 0 unspecified atom stereocenters. The highest BCUT2D eigenvalue weighted by Crippen LogP contribution is 2.24. The zero-order valence-corrected chi connectivity index (χ0v) is 9.21. The molecule has 0 fully saturated rings. The van der Waals surface area contributed by atoms with E-state index >= 15 is 0 Å². The van der Waals surface area contributed by atoms with Crippen molar-refractivity contribution in [1.82, 2.24) is 5.32 Å². The SMILES string of the molecule is C=CN=C(CNC(=O)/C=C(\C)C(F)(F)F)N=C. The van der Waals surface area contributed by atoms with Crippen LogP contribution in [0.2, 0.25) is 0 Å². The lowest BCUT2D eigenvalue weighted by atomic mass is 10.2. The molecule has 0 saturated carbocycles. The molecule has 94 valence electrons. The van der Waals surface area contributed by atoms with Gasteiger partial charge in [0.25, 0.3) is 0 Å². The fourth-order valence-corrected chi connectivity index (χ4v) is 0.743. The van der Waals surface area contributed by atoms with Gasteiger partial charge >= 0.3 is 6.18 Å². The number of carbonyl (C=O) groups excluding carboxylic acids is 1. The Hall–Kier alpha value is -1.92. The standard InChI is InChI=1S/C10H12F3N3O/c1-4-15-8(14-3)6-16-9(17)5-7(2)10(11,12)13/h4-5H,1,3,6H2,2H3,(H,16,17)/b7-5+,15-8?. The molecule has 0 aromatic heterocycles. The molecule has 0 aliphatic rings. The summed E-state index contributed by atoms with van der Waals surface area (Å²) in [5.41, 5.74) is -0.983. The smallest absolute Gasteiger partial charge is 0.345 e. The van der Waals surface area contributed by atoms with Crippen LogP contribution in [0.4, 0.5) is 13.2 Å². The molecule has 0 radical (unpaired) electrons. The average Bonchev–Trinajstić information content (AvgIpc) is 2.22. The van der Waals surface area contributed by atoms with E-state index in [1.165, 1.54) is 6.20 Å². The summed E-state index contributed by atoms with van der Waals surface area (Å²) in [5.74, 6) is -0.716. The van der Waals surface area contributed by atoms with Gasteiger partial charge in [0.2, 0.25) is 5.91 Å². The monoisotopic (exact) mass is 247 g/mol. The lowest BCUT2D eigenvalue weighted by molar-refractivity contribution is -0.117. The van der Waals surface area contributed by atoms with Gasteiger partial charge in [-0.25, -0.2) is 9.98 Å². The lowest BCUT2D eigenvalue weighted by Gasteiger charge is -2.06. The van der Waals surface area contributed by atoms with Crippen molar-refractivity contribution in [2.45, 2.75) is 13.1 Å². The Labute approximate surface area is 96.6 Å². The van der Waals surface area contributed by atoms with E-state index in [0.717, 1.165) is 6.92 Å². The van der Waals surface area contributed by atoms with E-state index in [1.807, 2.05) is 0 Å². The molecule has 0 aliphatic carbocycles. The van der Waals surface area contributed by atoms with Crippen LogP contribution < -0.4 is 5.32 Å². The van der Waals surface area contributed by atoms with E-state index in [0.29, 0.717) is 6.08 Å². The lowest BCUT2D eigenvalue weighted by Crippen LogP contribution is -2.28. The Morgan fingerprint density at radius 3 is 2.47 bits per heavy atom. The average molecular weight is 247 g/mol. The van der Waals surface area contributed by atoms with Crippen molar-refractivity contribution in [2.24, 2.45) is 9.98 Å². The highest BCUT2D eigenvalue weighted by atomic mass is 19.4. The number of allylic oxidation sites excluding steroid dienone is 1. The van der Waals surface area contributed by atoms with Crippen LogP contribution in [-0.2, 0) is 4.79 Å². The van der Waals surface area contributed by atoms with E-state index < -0.39 is 17.7 Å². The third-order valence-corrected chi connectivity index (χ3v) is 1.64. The zero-order chi connectivity index (χ0) is 13.5. The first-order valence-electron chi connectivity index (χ1n) is 4.49. The van der Waals surface area contributed by atoms with E-state index in [2.05, 4.69) is 28.6 Å². The van der Waals surface area contributed by atoms with Crippen LogP contribution in [0.5, 0.6) is 0 Å². The number of aliphatic imine (C=N–C) groups is 2. The second-order valence-electron chi connectivity index (χ2n) is 2.93.